The Balaban J connectivity index is 1.98. The predicted octanol–water partition coefficient (Wildman–Crippen LogP) is 2.38. The van der Waals surface area contributed by atoms with Gasteiger partial charge in [-0.05, 0) is 24.6 Å². The number of hydrazine groups is 1. The largest absolute Gasteiger partial charge is 0.273 e. The van der Waals surface area contributed by atoms with Gasteiger partial charge in [0, 0.05) is 17.7 Å². The number of carbonyl (C=O) groups is 2. The summed E-state index contributed by atoms with van der Waals surface area (Å²) in [4.78, 5) is 34.1. The fraction of sp³-hybridized carbons (Fsp3) is 0.0588. The second kappa shape index (κ2) is 7.68. The number of amides is 2. The van der Waals surface area contributed by atoms with Gasteiger partial charge in [0.25, 0.3) is 17.5 Å². The number of nitrogens with zero attached hydrogens (tertiary/aromatic N) is 1. The van der Waals surface area contributed by atoms with Gasteiger partial charge in [0.1, 0.15) is 0 Å². The monoisotopic (exact) mass is 325 g/mol. The highest BCUT2D eigenvalue weighted by molar-refractivity contribution is 5.99. The van der Waals surface area contributed by atoms with Crippen LogP contribution in [0, 0.1) is 17.0 Å². The molecule has 2 aromatic rings. The lowest BCUT2D eigenvalue weighted by molar-refractivity contribution is -0.385. The molecule has 24 heavy (non-hydrogen) atoms. The molecule has 0 aromatic heterocycles. The zero-order chi connectivity index (χ0) is 17.5. The van der Waals surface area contributed by atoms with E-state index in [0.29, 0.717) is 0 Å². The lowest BCUT2D eigenvalue weighted by Gasteiger charge is -2.08. The Kier molecular flexibility index (Phi) is 5.40. The number of hydrogen-bond acceptors (Lipinski definition) is 4. The molecule has 0 heterocycles. The van der Waals surface area contributed by atoms with Gasteiger partial charge in [0.15, 0.2) is 0 Å². The van der Waals surface area contributed by atoms with E-state index in [0.717, 1.165) is 5.56 Å². The fourth-order valence-corrected chi connectivity index (χ4v) is 2.03. The number of nitro groups is 1. The average Bonchev–Trinajstić information content (AvgIpc) is 2.58. The Bertz CT molecular complexity index is 801. The molecule has 0 aliphatic heterocycles. The van der Waals surface area contributed by atoms with E-state index in [2.05, 4.69) is 10.9 Å². The molecule has 0 saturated heterocycles. The molecule has 2 rings (SSSR count). The highest BCUT2D eigenvalue weighted by Gasteiger charge is 2.17. The van der Waals surface area contributed by atoms with E-state index in [-0.39, 0.29) is 16.8 Å². The molecular weight excluding hydrogens is 310 g/mol. The second-order valence-electron chi connectivity index (χ2n) is 4.89. The van der Waals surface area contributed by atoms with Gasteiger partial charge in [-0.3, -0.25) is 30.6 Å². The maximum absolute atomic E-state index is 12.0. The molecule has 122 valence electrons. The van der Waals surface area contributed by atoms with E-state index in [1.54, 1.807) is 6.08 Å². The minimum atomic E-state index is -0.627. The molecule has 0 aliphatic carbocycles. The van der Waals surface area contributed by atoms with Crippen LogP contribution in [-0.4, -0.2) is 16.7 Å². The molecule has 0 fully saturated rings. The van der Waals surface area contributed by atoms with Crippen molar-refractivity contribution in [3.63, 3.8) is 0 Å². The Hall–Kier alpha value is -3.48. The summed E-state index contributed by atoms with van der Waals surface area (Å²) in [5.41, 5.74) is 5.50. The van der Waals surface area contributed by atoms with Crippen molar-refractivity contribution >= 4 is 23.6 Å². The Morgan fingerprint density at radius 3 is 2.42 bits per heavy atom. The Morgan fingerprint density at radius 1 is 1.04 bits per heavy atom. The van der Waals surface area contributed by atoms with E-state index < -0.39 is 16.7 Å². The van der Waals surface area contributed by atoms with Crippen molar-refractivity contribution in [2.75, 3.05) is 0 Å². The van der Waals surface area contributed by atoms with Crippen molar-refractivity contribution in [1.29, 1.82) is 0 Å². The lowest BCUT2D eigenvalue weighted by atomic mass is 10.1. The van der Waals surface area contributed by atoms with E-state index in [9.17, 15) is 19.7 Å². The van der Waals surface area contributed by atoms with Crippen molar-refractivity contribution in [1.82, 2.24) is 10.9 Å². The van der Waals surface area contributed by atoms with Crippen LogP contribution in [0.25, 0.3) is 6.08 Å². The molecule has 2 amide bonds. The van der Waals surface area contributed by atoms with Crippen LogP contribution in [0.3, 0.4) is 0 Å². The summed E-state index contributed by atoms with van der Waals surface area (Å²) in [5.74, 6) is -1.15. The third kappa shape index (κ3) is 4.26. The van der Waals surface area contributed by atoms with E-state index in [4.69, 9.17) is 0 Å². The first-order valence-corrected chi connectivity index (χ1v) is 7.06. The van der Waals surface area contributed by atoms with Crippen molar-refractivity contribution in [3.05, 3.63) is 81.4 Å². The summed E-state index contributed by atoms with van der Waals surface area (Å²) in [6.45, 7) is 1.48. The first kappa shape index (κ1) is 16.9. The molecule has 0 saturated carbocycles. The van der Waals surface area contributed by atoms with Crippen LogP contribution in [0.2, 0.25) is 0 Å². The summed E-state index contributed by atoms with van der Waals surface area (Å²) >= 11 is 0. The molecule has 7 heteroatoms. The molecular formula is C17H15N3O4. The van der Waals surface area contributed by atoms with Gasteiger partial charge >= 0.3 is 0 Å². The third-order valence-electron chi connectivity index (χ3n) is 3.27. The number of benzene rings is 2. The van der Waals surface area contributed by atoms with Crippen LogP contribution in [0.1, 0.15) is 21.5 Å². The summed E-state index contributed by atoms with van der Waals surface area (Å²) in [5, 5.41) is 10.9. The molecule has 0 unspecified atom stereocenters. The van der Waals surface area contributed by atoms with Crippen molar-refractivity contribution < 1.29 is 14.5 Å². The fourth-order valence-electron chi connectivity index (χ4n) is 2.03. The predicted molar refractivity (Wildman–Crippen MR) is 88.9 cm³/mol. The number of carbonyl (C=O) groups excluding carboxylic acids is 2. The van der Waals surface area contributed by atoms with E-state index in [1.165, 1.54) is 31.2 Å². The van der Waals surface area contributed by atoms with Crippen molar-refractivity contribution in [2.24, 2.45) is 0 Å². The minimum absolute atomic E-state index is 0.122. The van der Waals surface area contributed by atoms with Crippen LogP contribution < -0.4 is 10.9 Å². The minimum Gasteiger partial charge on any atom is -0.268 e. The standard InChI is InChI=1S/C17H15N3O4/c1-12-14(8-5-9-15(12)20(23)24)17(22)19-18-16(21)11-10-13-6-3-2-4-7-13/h2-11H,1H3,(H,18,21)(H,19,22)/b11-10+. The van der Waals surface area contributed by atoms with Gasteiger partial charge in [-0.2, -0.15) is 0 Å². The van der Waals surface area contributed by atoms with Gasteiger partial charge in [0.05, 0.1) is 10.5 Å². The smallest absolute Gasteiger partial charge is 0.268 e. The van der Waals surface area contributed by atoms with Crippen LogP contribution in [-0.2, 0) is 4.79 Å². The zero-order valence-corrected chi connectivity index (χ0v) is 12.9. The van der Waals surface area contributed by atoms with E-state index >= 15 is 0 Å². The maximum atomic E-state index is 12.0. The first-order chi connectivity index (χ1) is 11.5. The molecule has 2 N–H and O–H groups in total. The number of nitro benzene ring substituents is 1. The van der Waals surface area contributed by atoms with E-state index in [1.807, 2.05) is 30.3 Å². The average molecular weight is 325 g/mol. The van der Waals surface area contributed by atoms with Gasteiger partial charge in [0.2, 0.25) is 0 Å². The SMILES string of the molecule is Cc1c(C(=O)NNC(=O)/C=C/c2ccccc2)cccc1[N+](=O)[O-]. The Labute approximate surface area is 138 Å². The van der Waals surface area contributed by atoms with Crippen LogP contribution in [0.4, 0.5) is 5.69 Å². The first-order valence-electron chi connectivity index (χ1n) is 7.06. The van der Waals surface area contributed by atoms with Gasteiger partial charge in [-0.1, -0.05) is 36.4 Å². The third-order valence-corrected chi connectivity index (χ3v) is 3.27. The second-order valence-corrected chi connectivity index (χ2v) is 4.89. The molecule has 0 atom stereocenters. The van der Waals surface area contributed by atoms with Crippen LogP contribution >= 0.6 is 0 Å². The normalized spacial score (nSPS) is 10.4. The van der Waals surface area contributed by atoms with Gasteiger partial charge in [-0.25, -0.2) is 0 Å². The Morgan fingerprint density at radius 2 is 1.75 bits per heavy atom. The summed E-state index contributed by atoms with van der Waals surface area (Å²) < 4.78 is 0. The van der Waals surface area contributed by atoms with Crippen LogP contribution in [0.5, 0.6) is 0 Å². The van der Waals surface area contributed by atoms with Crippen molar-refractivity contribution in [2.45, 2.75) is 6.92 Å². The molecule has 2 aromatic carbocycles. The molecule has 0 bridgehead atoms. The molecule has 0 aliphatic rings. The topological polar surface area (TPSA) is 101 Å². The van der Waals surface area contributed by atoms with Crippen molar-refractivity contribution in [3.8, 4) is 0 Å². The zero-order valence-electron chi connectivity index (χ0n) is 12.9. The highest BCUT2D eigenvalue weighted by Crippen LogP contribution is 2.20. The van der Waals surface area contributed by atoms with Gasteiger partial charge in [-0.15, -0.1) is 0 Å². The number of rotatable bonds is 4. The molecule has 0 radical (unpaired) electrons. The molecule has 7 nitrogen and oxygen atoms in total. The summed E-state index contributed by atoms with van der Waals surface area (Å²) in [6.07, 6.45) is 2.87. The quantitative estimate of drug-likeness (QED) is 0.512. The summed E-state index contributed by atoms with van der Waals surface area (Å²) in [6, 6.07) is 13.4. The maximum Gasteiger partial charge on any atom is 0.273 e. The summed E-state index contributed by atoms with van der Waals surface area (Å²) in [7, 11) is 0. The number of nitrogens with one attached hydrogen (secondary N) is 2. The molecule has 0 spiro atoms. The van der Waals surface area contributed by atoms with Crippen LogP contribution in [0.15, 0.2) is 54.6 Å². The number of hydrogen-bond donors (Lipinski definition) is 2. The van der Waals surface area contributed by atoms with Gasteiger partial charge < -0.3 is 0 Å². The highest BCUT2D eigenvalue weighted by atomic mass is 16.6. The lowest BCUT2D eigenvalue weighted by Crippen LogP contribution is -2.41.